The van der Waals surface area contributed by atoms with Crippen molar-refractivity contribution in [2.45, 2.75) is 31.4 Å². The van der Waals surface area contributed by atoms with Crippen molar-refractivity contribution < 1.29 is 4.74 Å². The summed E-state index contributed by atoms with van der Waals surface area (Å²) in [7, 11) is 1.72. The number of hydrogen-bond acceptors (Lipinski definition) is 5. The van der Waals surface area contributed by atoms with Crippen molar-refractivity contribution in [1.82, 2.24) is 9.97 Å². The fourth-order valence-corrected chi connectivity index (χ4v) is 2.17. The Balaban J connectivity index is 2.11. The van der Waals surface area contributed by atoms with Crippen LogP contribution in [0.4, 0.5) is 11.5 Å². The summed E-state index contributed by atoms with van der Waals surface area (Å²) in [5.41, 5.74) is 6.27. The second kappa shape index (κ2) is 4.84. The average Bonchev–Trinajstić information content (AvgIpc) is 2.71. The Labute approximate surface area is 99.4 Å². The van der Waals surface area contributed by atoms with Crippen molar-refractivity contribution in [2.75, 3.05) is 18.2 Å². The van der Waals surface area contributed by atoms with Gasteiger partial charge in [0.25, 0.3) is 0 Å². The molecular formula is C10H15ClN4O. The Kier molecular flexibility index (Phi) is 3.46. The minimum absolute atomic E-state index is 0.198. The van der Waals surface area contributed by atoms with E-state index in [1.165, 1.54) is 6.20 Å². The molecule has 1 aromatic heterocycles. The van der Waals surface area contributed by atoms with Gasteiger partial charge in [-0.25, -0.2) is 4.98 Å². The predicted octanol–water partition coefficient (Wildman–Crippen LogP) is 1.69. The molecule has 2 atom stereocenters. The zero-order valence-corrected chi connectivity index (χ0v) is 9.87. The third-order valence-electron chi connectivity index (χ3n) is 2.87. The Hall–Kier alpha value is -1.07. The quantitative estimate of drug-likeness (QED) is 0.790. The summed E-state index contributed by atoms with van der Waals surface area (Å²) in [5, 5.41) is 3.46. The van der Waals surface area contributed by atoms with Gasteiger partial charge in [-0.3, -0.25) is 0 Å². The average molecular weight is 243 g/mol. The summed E-state index contributed by atoms with van der Waals surface area (Å²) in [5.74, 6) is 0.592. The van der Waals surface area contributed by atoms with Crippen LogP contribution in [0.5, 0.6) is 0 Å². The Bertz CT molecular complexity index is 374. The zero-order chi connectivity index (χ0) is 11.5. The standard InChI is InChI=1S/C10H15ClN4O/c1-16-8-4-2-3-7(8)14-9-6(12)5-13-10(11)15-9/h5,7-8H,2-4,12H2,1H3,(H,13,14,15)/t7-,8-/m0/s1. The van der Waals surface area contributed by atoms with Gasteiger partial charge in [0, 0.05) is 7.11 Å². The number of nitrogens with zero attached hydrogens (tertiary/aromatic N) is 2. The van der Waals surface area contributed by atoms with Gasteiger partial charge in [0.05, 0.1) is 24.0 Å². The van der Waals surface area contributed by atoms with Crippen LogP contribution in [0.15, 0.2) is 6.20 Å². The van der Waals surface area contributed by atoms with Crippen molar-refractivity contribution in [3.05, 3.63) is 11.5 Å². The van der Waals surface area contributed by atoms with Crippen LogP contribution in [0.2, 0.25) is 5.28 Å². The van der Waals surface area contributed by atoms with Crippen molar-refractivity contribution >= 4 is 23.1 Å². The van der Waals surface area contributed by atoms with Gasteiger partial charge in [0.15, 0.2) is 5.82 Å². The summed E-state index contributed by atoms with van der Waals surface area (Å²) in [4.78, 5) is 7.88. The fraction of sp³-hybridized carbons (Fsp3) is 0.600. The van der Waals surface area contributed by atoms with Gasteiger partial charge in [-0.2, -0.15) is 4.98 Å². The number of rotatable bonds is 3. The van der Waals surface area contributed by atoms with E-state index in [0.29, 0.717) is 11.5 Å². The first-order chi connectivity index (χ1) is 7.70. The minimum atomic E-state index is 0.198. The topological polar surface area (TPSA) is 73.1 Å². The number of hydrogen-bond donors (Lipinski definition) is 2. The van der Waals surface area contributed by atoms with Crippen LogP contribution in [-0.4, -0.2) is 29.2 Å². The first-order valence-corrected chi connectivity index (χ1v) is 5.66. The summed E-state index contributed by atoms with van der Waals surface area (Å²) in [6.07, 6.45) is 4.99. The monoisotopic (exact) mass is 242 g/mol. The van der Waals surface area contributed by atoms with Gasteiger partial charge in [-0.05, 0) is 30.9 Å². The van der Waals surface area contributed by atoms with Crippen molar-refractivity contribution in [3.8, 4) is 0 Å². The van der Waals surface area contributed by atoms with E-state index in [9.17, 15) is 0 Å². The number of nitrogen functional groups attached to an aromatic ring is 1. The van der Waals surface area contributed by atoms with Crippen LogP contribution in [0.25, 0.3) is 0 Å². The Morgan fingerprint density at radius 1 is 1.56 bits per heavy atom. The van der Waals surface area contributed by atoms with E-state index in [1.54, 1.807) is 7.11 Å². The minimum Gasteiger partial charge on any atom is -0.394 e. The van der Waals surface area contributed by atoms with Gasteiger partial charge in [-0.15, -0.1) is 0 Å². The maximum atomic E-state index is 5.77. The Morgan fingerprint density at radius 3 is 3.12 bits per heavy atom. The molecule has 1 saturated carbocycles. The first kappa shape index (κ1) is 11.4. The van der Waals surface area contributed by atoms with Crippen LogP contribution in [0, 0.1) is 0 Å². The van der Waals surface area contributed by atoms with E-state index in [-0.39, 0.29) is 17.4 Å². The highest BCUT2D eigenvalue weighted by Gasteiger charge is 2.27. The van der Waals surface area contributed by atoms with Crippen molar-refractivity contribution in [3.63, 3.8) is 0 Å². The molecule has 16 heavy (non-hydrogen) atoms. The number of aromatic nitrogens is 2. The molecule has 0 aromatic carbocycles. The smallest absolute Gasteiger partial charge is 0.224 e. The maximum Gasteiger partial charge on any atom is 0.224 e. The van der Waals surface area contributed by atoms with Gasteiger partial charge in [0.2, 0.25) is 5.28 Å². The van der Waals surface area contributed by atoms with E-state index < -0.39 is 0 Å². The highest BCUT2D eigenvalue weighted by Crippen LogP contribution is 2.26. The third kappa shape index (κ3) is 2.36. The molecule has 5 nitrogen and oxygen atoms in total. The molecule has 88 valence electrons. The number of nitrogens with two attached hydrogens (primary N) is 1. The molecule has 0 unspecified atom stereocenters. The molecule has 0 amide bonds. The molecule has 0 spiro atoms. The van der Waals surface area contributed by atoms with Gasteiger partial charge in [-0.1, -0.05) is 0 Å². The lowest BCUT2D eigenvalue weighted by Crippen LogP contribution is -2.30. The SMILES string of the molecule is CO[C@H]1CCC[C@@H]1Nc1nc(Cl)ncc1N. The summed E-state index contributed by atoms with van der Waals surface area (Å²) in [6.45, 7) is 0. The summed E-state index contributed by atoms with van der Waals surface area (Å²) >= 11 is 5.72. The van der Waals surface area contributed by atoms with E-state index in [0.717, 1.165) is 19.3 Å². The zero-order valence-electron chi connectivity index (χ0n) is 9.11. The highest BCUT2D eigenvalue weighted by molar-refractivity contribution is 6.28. The third-order valence-corrected chi connectivity index (χ3v) is 3.05. The Morgan fingerprint density at radius 2 is 2.38 bits per heavy atom. The van der Waals surface area contributed by atoms with Crippen LogP contribution in [-0.2, 0) is 4.74 Å². The maximum absolute atomic E-state index is 5.77. The van der Waals surface area contributed by atoms with Crippen molar-refractivity contribution in [1.29, 1.82) is 0 Å². The molecule has 1 heterocycles. The lowest BCUT2D eigenvalue weighted by Gasteiger charge is -2.20. The van der Waals surface area contributed by atoms with Crippen LogP contribution < -0.4 is 11.1 Å². The normalized spacial score (nSPS) is 24.6. The van der Waals surface area contributed by atoms with E-state index in [1.807, 2.05) is 0 Å². The van der Waals surface area contributed by atoms with Gasteiger partial charge in [0.1, 0.15) is 0 Å². The van der Waals surface area contributed by atoms with Gasteiger partial charge < -0.3 is 15.8 Å². The molecule has 1 aromatic rings. The molecule has 0 aliphatic heterocycles. The molecule has 1 fully saturated rings. The second-order valence-corrected chi connectivity index (χ2v) is 4.24. The molecule has 1 aliphatic rings. The fourth-order valence-electron chi connectivity index (χ4n) is 2.03. The number of ether oxygens (including phenoxy) is 1. The van der Waals surface area contributed by atoms with E-state index in [4.69, 9.17) is 22.1 Å². The summed E-state index contributed by atoms with van der Waals surface area (Å²) < 4.78 is 5.39. The second-order valence-electron chi connectivity index (χ2n) is 3.90. The molecule has 1 aliphatic carbocycles. The predicted molar refractivity (Wildman–Crippen MR) is 63.5 cm³/mol. The van der Waals surface area contributed by atoms with Gasteiger partial charge >= 0.3 is 0 Å². The lowest BCUT2D eigenvalue weighted by molar-refractivity contribution is 0.101. The van der Waals surface area contributed by atoms with Crippen LogP contribution >= 0.6 is 11.6 Å². The molecule has 0 bridgehead atoms. The number of anilines is 2. The molecule has 0 saturated heterocycles. The lowest BCUT2D eigenvalue weighted by atomic mass is 10.2. The molecule has 3 N–H and O–H groups in total. The summed E-state index contributed by atoms with van der Waals surface area (Å²) in [6, 6.07) is 0.248. The molecular weight excluding hydrogens is 228 g/mol. The largest absolute Gasteiger partial charge is 0.394 e. The molecule has 2 rings (SSSR count). The van der Waals surface area contributed by atoms with E-state index in [2.05, 4.69) is 15.3 Å². The molecule has 0 radical (unpaired) electrons. The van der Waals surface area contributed by atoms with Crippen LogP contribution in [0.1, 0.15) is 19.3 Å². The van der Waals surface area contributed by atoms with Crippen LogP contribution in [0.3, 0.4) is 0 Å². The molecule has 6 heteroatoms. The van der Waals surface area contributed by atoms with E-state index >= 15 is 0 Å². The number of halogens is 1. The number of methoxy groups -OCH3 is 1. The first-order valence-electron chi connectivity index (χ1n) is 5.28. The highest BCUT2D eigenvalue weighted by atomic mass is 35.5. The number of nitrogens with one attached hydrogen (secondary N) is 1. The van der Waals surface area contributed by atoms with Crippen molar-refractivity contribution in [2.24, 2.45) is 0 Å².